The predicted molar refractivity (Wildman–Crippen MR) is 107 cm³/mol. The molecule has 1 aliphatic heterocycles. The lowest BCUT2D eigenvalue weighted by Gasteiger charge is -2.36. The number of rotatable bonds is 5. The Morgan fingerprint density at radius 3 is 2.59 bits per heavy atom. The molecule has 2 heterocycles. The fourth-order valence-electron chi connectivity index (χ4n) is 4.05. The van der Waals surface area contributed by atoms with E-state index in [0.717, 1.165) is 69.9 Å². The third-order valence-electron chi connectivity index (χ3n) is 5.71. The van der Waals surface area contributed by atoms with Gasteiger partial charge in [-0.3, -0.25) is 9.69 Å². The van der Waals surface area contributed by atoms with E-state index in [9.17, 15) is 4.79 Å². The number of hydrogen-bond acceptors (Lipinski definition) is 3. The van der Waals surface area contributed by atoms with Crippen LogP contribution in [0.3, 0.4) is 0 Å². The first-order chi connectivity index (χ1) is 13.3. The Bertz CT molecular complexity index is 775. The highest BCUT2D eigenvalue weighted by molar-refractivity contribution is 5.79. The van der Waals surface area contributed by atoms with Crippen LogP contribution in [-0.4, -0.2) is 58.0 Å². The van der Waals surface area contributed by atoms with Crippen molar-refractivity contribution in [3.63, 3.8) is 0 Å². The number of imidazole rings is 1. The molecule has 1 amide bonds. The Morgan fingerprint density at radius 2 is 1.85 bits per heavy atom. The molecule has 142 valence electrons. The highest BCUT2D eigenvalue weighted by Gasteiger charge is 2.27. The standard InChI is InChI=1S/C22H28N4O/c27-22(20-9-5-2-6-10-20)26-17-14-24(15-18-26)13-16-25-12-11-23-21(25)19-7-3-1-4-8-19/h1-5,7-8,11-12,20H,6,9-10,13-18H2. The molecule has 2 aliphatic rings. The molecule has 5 nitrogen and oxygen atoms in total. The summed E-state index contributed by atoms with van der Waals surface area (Å²) >= 11 is 0. The summed E-state index contributed by atoms with van der Waals surface area (Å²) in [6, 6.07) is 10.3. The summed E-state index contributed by atoms with van der Waals surface area (Å²) in [6.07, 6.45) is 11.3. The number of carbonyl (C=O) groups excluding carboxylic acids is 1. The van der Waals surface area contributed by atoms with Crippen molar-refractivity contribution in [1.82, 2.24) is 19.4 Å². The van der Waals surface area contributed by atoms with Crippen molar-refractivity contribution >= 4 is 5.91 Å². The van der Waals surface area contributed by atoms with Crippen LogP contribution in [0.25, 0.3) is 11.4 Å². The lowest BCUT2D eigenvalue weighted by molar-refractivity contribution is -0.137. The van der Waals surface area contributed by atoms with Gasteiger partial charge in [0.2, 0.25) is 5.91 Å². The van der Waals surface area contributed by atoms with Gasteiger partial charge in [-0.1, -0.05) is 42.5 Å². The van der Waals surface area contributed by atoms with Crippen LogP contribution in [0.2, 0.25) is 0 Å². The molecule has 1 aliphatic carbocycles. The second-order valence-corrected chi connectivity index (χ2v) is 7.46. The molecular weight excluding hydrogens is 336 g/mol. The van der Waals surface area contributed by atoms with Gasteiger partial charge in [-0.2, -0.15) is 0 Å². The van der Waals surface area contributed by atoms with Gasteiger partial charge in [0.1, 0.15) is 5.82 Å². The predicted octanol–water partition coefficient (Wildman–Crippen LogP) is 3.05. The van der Waals surface area contributed by atoms with Gasteiger partial charge >= 0.3 is 0 Å². The van der Waals surface area contributed by atoms with Gasteiger partial charge in [0.05, 0.1) is 0 Å². The average Bonchev–Trinajstić information content (AvgIpc) is 3.22. The number of benzene rings is 1. The minimum Gasteiger partial charge on any atom is -0.340 e. The second kappa shape index (κ2) is 8.53. The largest absolute Gasteiger partial charge is 0.340 e. The molecule has 4 rings (SSSR count). The summed E-state index contributed by atoms with van der Waals surface area (Å²) in [4.78, 5) is 21.7. The zero-order chi connectivity index (χ0) is 18.5. The Kier molecular flexibility index (Phi) is 5.68. The van der Waals surface area contributed by atoms with Crippen molar-refractivity contribution in [2.24, 2.45) is 5.92 Å². The Hall–Kier alpha value is -2.40. The lowest BCUT2D eigenvalue weighted by atomic mass is 9.93. The van der Waals surface area contributed by atoms with Crippen LogP contribution in [0.5, 0.6) is 0 Å². The van der Waals surface area contributed by atoms with E-state index in [-0.39, 0.29) is 5.92 Å². The van der Waals surface area contributed by atoms with E-state index in [1.165, 1.54) is 0 Å². The van der Waals surface area contributed by atoms with Gasteiger partial charge in [-0.25, -0.2) is 4.98 Å². The second-order valence-electron chi connectivity index (χ2n) is 7.46. The Labute approximate surface area is 161 Å². The van der Waals surface area contributed by atoms with Crippen LogP contribution in [0.4, 0.5) is 0 Å². The van der Waals surface area contributed by atoms with Crippen molar-refractivity contribution in [1.29, 1.82) is 0 Å². The van der Waals surface area contributed by atoms with E-state index >= 15 is 0 Å². The molecule has 1 saturated heterocycles. The van der Waals surface area contributed by atoms with E-state index in [0.29, 0.717) is 5.91 Å². The molecule has 0 saturated carbocycles. The molecule has 5 heteroatoms. The molecule has 0 N–H and O–H groups in total. The first-order valence-corrected chi connectivity index (χ1v) is 10.0. The topological polar surface area (TPSA) is 41.4 Å². The number of allylic oxidation sites excluding steroid dienone is 2. The van der Waals surface area contributed by atoms with Gasteiger partial charge < -0.3 is 9.47 Å². The highest BCUT2D eigenvalue weighted by atomic mass is 16.2. The maximum Gasteiger partial charge on any atom is 0.226 e. The summed E-state index contributed by atoms with van der Waals surface area (Å²) in [7, 11) is 0. The van der Waals surface area contributed by atoms with E-state index < -0.39 is 0 Å². The van der Waals surface area contributed by atoms with E-state index in [4.69, 9.17) is 0 Å². The quantitative estimate of drug-likeness (QED) is 0.766. The Morgan fingerprint density at radius 1 is 1.04 bits per heavy atom. The number of carbonyl (C=O) groups is 1. The van der Waals surface area contributed by atoms with E-state index in [1.807, 2.05) is 24.4 Å². The summed E-state index contributed by atoms with van der Waals surface area (Å²) in [6.45, 7) is 5.55. The molecule has 1 unspecified atom stereocenters. The number of piperazine rings is 1. The maximum atomic E-state index is 12.7. The Balaban J connectivity index is 1.27. The first-order valence-electron chi connectivity index (χ1n) is 10.0. The zero-order valence-corrected chi connectivity index (χ0v) is 15.8. The van der Waals surface area contributed by atoms with Crippen molar-refractivity contribution in [2.45, 2.75) is 25.8 Å². The summed E-state index contributed by atoms with van der Waals surface area (Å²) in [5.41, 5.74) is 1.15. The van der Waals surface area contributed by atoms with Crippen LogP contribution >= 0.6 is 0 Å². The van der Waals surface area contributed by atoms with Gasteiger partial charge in [-0.05, 0) is 19.3 Å². The van der Waals surface area contributed by atoms with Crippen molar-refractivity contribution in [3.8, 4) is 11.4 Å². The third kappa shape index (κ3) is 4.30. The van der Waals surface area contributed by atoms with Crippen LogP contribution < -0.4 is 0 Å². The minimum atomic E-state index is 0.209. The molecule has 0 bridgehead atoms. The number of nitrogens with zero attached hydrogens (tertiary/aromatic N) is 4. The molecule has 27 heavy (non-hydrogen) atoms. The molecule has 1 fully saturated rings. The number of aromatic nitrogens is 2. The van der Waals surface area contributed by atoms with Gasteiger partial charge in [0.25, 0.3) is 0 Å². The lowest BCUT2D eigenvalue weighted by Crippen LogP contribution is -2.50. The summed E-state index contributed by atoms with van der Waals surface area (Å²) < 4.78 is 2.22. The SMILES string of the molecule is O=C(C1CC=CCC1)N1CCN(CCn2ccnc2-c2ccccc2)CC1. The highest BCUT2D eigenvalue weighted by Crippen LogP contribution is 2.21. The molecule has 0 radical (unpaired) electrons. The van der Waals surface area contributed by atoms with Crippen molar-refractivity contribution in [3.05, 3.63) is 54.9 Å². The van der Waals surface area contributed by atoms with Gasteiger partial charge in [0, 0.05) is 63.1 Å². The third-order valence-corrected chi connectivity index (χ3v) is 5.71. The van der Waals surface area contributed by atoms with Crippen molar-refractivity contribution in [2.75, 3.05) is 32.7 Å². The first kappa shape index (κ1) is 18.0. The van der Waals surface area contributed by atoms with Crippen LogP contribution in [0, 0.1) is 5.92 Å². The zero-order valence-electron chi connectivity index (χ0n) is 15.8. The summed E-state index contributed by atoms with van der Waals surface area (Å²) in [5, 5.41) is 0. The van der Waals surface area contributed by atoms with E-state index in [1.54, 1.807) is 0 Å². The smallest absolute Gasteiger partial charge is 0.226 e. The monoisotopic (exact) mass is 364 g/mol. The molecular formula is C22H28N4O. The summed E-state index contributed by atoms with van der Waals surface area (Å²) in [5.74, 6) is 1.59. The van der Waals surface area contributed by atoms with Crippen molar-refractivity contribution < 1.29 is 4.79 Å². The maximum absolute atomic E-state index is 12.7. The van der Waals surface area contributed by atoms with Crippen LogP contribution in [0.1, 0.15) is 19.3 Å². The normalized spacial score (nSPS) is 20.7. The molecule has 1 aromatic carbocycles. The molecule has 1 atom stereocenters. The van der Waals surface area contributed by atoms with E-state index in [2.05, 4.69) is 49.8 Å². The minimum absolute atomic E-state index is 0.209. The number of amides is 1. The molecule has 0 spiro atoms. The molecule has 2 aromatic rings. The fraction of sp³-hybridized carbons (Fsp3) is 0.455. The van der Waals surface area contributed by atoms with Crippen LogP contribution in [0.15, 0.2) is 54.9 Å². The van der Waals surface area contributed by atoms with Crippen LogP contribution in [-0.2, 0) is 11.3 Å². The van der Waals surface area contributed by atoms with Gasteiger partial charge in [0.15, 0.2) is 0 Å². The number of hydrogen-bond donors (Lipinski definition) is 0. The fourth-order valence-corrected chi connectivity index (χ4v) is 4.05. The van der Waals surface area contributed by atoms with Gasteiger partial charge in [-0.15, -0.1) is 0 Å². The molecule has 1 aromatic heterocycles. The average molecular weight is 364 g/mol.